The van der Waals surface area contributed by atoms with Gasteiger partial charge < -0.3 is 24.8 Å². The van der Waals surface area contributed by atoms with Crippen molar-refractivity contribution in [2.45, 2.75) is 13.3 Å². The molecule has 0 atom stereocenters. The van der Waals surface area contributed by atoms with Gasteiger partial charge in [0.1, 0.15) is 5.75 Å². The number of methoxy groups -OCH3 is 1. The van der Waals surface area contributed by atoms with E-state index in [2.05, 4.69) is 18.2 Å². The summed E-state index contributed by atoms with van der Waals surface area (Å²) < 4.78 is 15.9. The van der Waals surface area contributed by atoms with Crippen molar-refractivity contribution in [2.24, 2.45) is 0 Å². The number of benzene rings is 3. The molecule has 0 bridgehead atoms. The molecule has 3 aromatic carbocycles. The van der Waals surface area contributed by atoms with Crippen LogP contribution in [-0.2, 0) is 15.9 Å². The van der Waals surface area contributed by atoms with Crippen molar-refractivity contribution in [1.29, 1.82) is 0 Å². The first-order valence-corrected chi connectivity index (χ1v) is 10.7. The minimum absolute atomic E-state index is 0.00933. The molecule has 3 aromatic rings. The van der Waals surface area contributed by atoms with Crippen LogP contribution in [0.2, 0.25) is 0 Å². The Morgan fingerprint density at radius 1 is 1.00 bits per heavy atom. The van der Waals surface area contributed by atoms with E-state index in [0.717, 1.165) is 39.9 Å². The second-order valence-electron chi connectivity index (χ2n) is 7.78. The van der Waals surface area contributed by atoms with Gasteiger partial charge in [0.05, 0.1) is 18.9 Å². The van der Waals surface area contributed by atoms with Crippen LogP contribution in [0.5, 0.6) is 5.75 Å². The highest BCUT2D eigenvalue weighted by Crippen LogP contribution is 2.35. The number of amides is 1. The third-order valence-corrected chi connectivity index (χ3v) is 5.64. The summed E-state index contributed by atoms with van der Waals surface area (Å²) in [7, 11) is 1.62. The molecule has 0 unspecified atom stereocenters. The Labute approximate surface area is 188 Å². The van der Waals surface area contributed by atoms with Crippen LogP contribution >= 0.6 is 0 Å². The molecule has 2 N–H and O–H groups in total. The maximum atomic E-state index is 13.3. The van der Waals surface area contributed by atoms with Gasteiger partial charge in [-0.05, 0) is 53.8 Å². The monoisotopic (exact) mass is 432 g/mol. The van der Waals surface area contributed by atoms with Crippen molar-refractivity contribution in [3.63, 3.8) is 0 Å². The number of nitrogens with zero attached hydrogens (tertiary/aromatic N) is 1. The van der Waals surface area contributed by atoms with E-state index in [-0.39, 0.29) is 12.7 Å². The third kappa shape index (κ3) is 4.61. The summed E-state index contributed by atoms with van der Waals surface area (Å²) >= 11 is 0. The number of nitrogens with two attached hydrogens (primary N) is 1. The second kappa shape index (κ2) is 9.85. The van der Waals surface area contributed by atoms with E-state index in [1.807, 2.05) is 43.3 Å². The number of rotatable bonds is 8. The third-order valence-electron chi connectivity index (χ3n) is 5.64. The molecule has 1 amide bonds. The molecule has 1 aliphatic heterocycles. The fourth-order valence-corrected chi connectivity index (χ4v) is 3.94. The Balaban J connectivity index is 1.52. The standard InChI is InChI=1S/C26H28N2O4/c1-18-14-25(32-17-31-13-12-30-2)23(27)16-24(18)28-11-10-21-15-20(8-9-22(21)26(28)29)19-6-4-3-5-7-19/h3-9,14-16H,10-13,17,27H2,1-2H3. The first-order chi connectivity index (χ1) is 15.6. The molecule has 0 aliphatic carbocycles. The molecule has 0 spiro atoms. The fourth-order valence-electron chi connectivity index (χ4n) is 3.94. The van der Waals surface area contributed by atoms with E-state index < -0.39 is 0 Å². The first-order valence-electron chi connectivity index (χ1n) is 10.7. The van der Waals surface area contributed by atoms with E-state index in [1.54, 1.807) is 18.1 Å². The van der Waals surface area contributed by atoms with Crippen molar-refractivity contribution in [3.8, 4) is 16.9 Å². The Bertz CT molecular complexity index is 1100. The van der Waals surface area contributed by atoms with E-state index in [0.29, 0.717) is 31.2 Å². The lowest BCUT2D eigenvalue weighted by atomic mass is 9.93. The zero-order valence-corrected chi connectivity index (χ0v) is 18.5. The topological polar surface area (TPSA) is 74.0 Å². The predicted molar refractivity (Wildman–Crippen MR) is 126 cm³/mol. The van der Waals surface area contributed by atoms with Gasteiger partial charge in [-0.25, -0.2) is 0 Å². The summed E-state index contributed by atoms with van der Waals surface area (Å²) in [5.41, 5.74) is 12.5. The minimum atomic E-state index is -0.00933. The number of hydrogen-bond donors (Lipinski definition) is 1. The van der Waals surface area contributed by atoms with Gasteiger partial charge in [0.25, 0.3) is 5.91 Å². The molecule has 6 nitrogen and oxygen atoms in total. The highest BCUT2D eigenvalue weighted by molar-refractivity contribution is 6.09. The van der Waals surface area contributed by atoms with Crippen LogP contribution in [-0.4, -0.2) is 39.6 Å². The molecule has 4 rings (SSSR count). The maximum Gasteiger partial charge on any atom is 0.258 e. The molecule has 0 radical (unpaired) electrons. The van der Waals surface area contributed by atoms with Gasteiger partial charge in [-0.15, -0.1) is 0 Å². The van der Waals surface area contributed by atoms with E-state index >= 15 is 0 Å². The van der Waals surface area contributed by atoms with E-state index in [4.69, 9.17) is 19.9 Å². The van der Waals surface area contributed by atoms with Gasteiger partial charge in [0, 0.05) is 24.9 Å². The number of ether oxygens (including phenoxy) is 3. The number of aryl methyl sites for hydroxylation is 1. The predicted octanol–water partition coefficient (Wildman–Crippen LogP) is 4.45. The highest BCUT2D eigenvalue weighted by Gasteiger charge is 2.27. The van der Waals surface area contributed by atoms with Crippen LogP contribution in [0.25, 0.3) is 11.1 Å². The van der Waals surface area contributed by atoms with E-state index in [1.165, 1.54) is 0 Å². The lowest BCUT2D eigenvalue weighted by molar-refractivity contribution is -0.00815. The average Bonchev–Trinajstić information content (AvgIpc) is 2.82. The number of hydrogen-bond acceptors (Lipinski definition) is 5. The van der Waals surface area contributed by atoms with Gasteiger partial charge in [-0.1, -0.05) is 42.5 Å². The summed E-state index contributed by atoms with van der Waals surface area (Å²) in [5.74, 6) is 0.533. The molecule has 166 valence electrons. The second-order valence-corrected chi connectivity index (χ2v) is 7.78. The molecule has 0 aromatic heterocycles. The zero-order valence-electron chi connectivity index (χ0n) is 18.5. The zero-order chi connectivity index (χ0) is 22.5. The maximum absolute atomic E-state index is 13.3. The SMILES string of the molecule is COCCOCOc1cc(C)c(N2CCc3cc(-c4ccccc4)ccc3C2=O)cc1N. The van der Waals surface area contributed by atoms with Crippen molar-refractivity contribution < 1.29 is 19.0 Å². The largest absolute Gasteiger partial charge is 0.465 e. The Hall–Kier alpha value is -3.35. The van der Waals surface area contributed by atoms with Gasteiger partial charge in [-0.3, -0.25) is 4.79 Å². The van der Waals surface area contributed by atoms with Crippen molar-refractivity contribution >= 4 is 17.3 Å². The smallest absolute Gasteiger partial charge is 0.258 e. The molecule has 0 saturated carbocycles. The number of nitrogen functional groups attached to an aromatic ring is 1. The highest BCUT2D eigenvalue weighted by atomic mass is 16.7. The van der Waals surface area contributed by atoms with E-state index in [9.17, 15) is 4.79 Å². The quantitative estimate of drug-likeness (QED) is 0.323. The Kier molecular flexibility index (Phi) is 6.73. The lowest BCUT2D eigenvalue weighted by Gasteiger charge is -2.30. The lowest BCUT2D eigenvalue weighted by Crippen LogP contribution is -2.38. The summed E-state index contributed by atoms with van der Waals surface area (Å²) in [4.78, 5) is 15.1. The molecule has 1 aliphatic rings. The van der Waals surface area contributed by atoms with Crippen LogP contribution in [0.1, 0.15) is 21.5 Å². The fraction of sp³-hybridized carbons (Fsp3) is 0.269. The Morgan fingerprint density at radius 2 is 1.81 bits per heavy atom. The number of fused-ring (bicyclic) bond motifs is 1. The van der Waals surface area contributed by atoms with Crippen LogP contribution in [0.3, 0.4) is 0 Å². The normalized spacial score (nSPS) is 13.2. The minimum Gasteiger partial charge on any atom is -0.465 e. The molecule has 1 heterocycles. The van der Waals surface area contributed by atoms with Crippen LogP contribution in [0.4, 0.5) is 11.4 Å². The number of carbonyl (C=O) groups is 1. The molecule has 6 heteroatoms. The number of anilines is 2. The summed E-state index contributed by atoms with van der Waals surface area (Å²) in [6.07, 6.45) is 0.784. The van der Waals surface area contributed by atoms with Crippen LogP contribution < -0.4 is 15.4 Å². The van der Waals surface area contributed by atoms with Crippen molar-refractivity contribution in [3.05, 3.63) is 77.4 Å². The van der Waals surface area contributed by atoms with Crippen molar-refractivity contribution in [1.82, 2.24) is 0 Å². The molecular weight excluding hydrogens is 404 g/mol. The van der Waals surface area contributed by atoms with Gasteiger partial charge in [-0.2, -0.15) is 0 Å². The first kappa shape index (κ1) is 21.9. The Morgan fingerprint density at radius 3 is 2.59 bits per heavy atom. The summed E-state index contributed by atoms with van der Waals surface area (Å²) in [5, 5.41) is 0. The van der Waals surface area contributed by atoms with Crippen LogP contribution in [0, 0.1) is 6.92 Å². The molecular formula is C26H28N2O4. The molecule has 32 heavy (non-hydrogen) atoms. The van der Waals surface area contributed by atoms with Crippen molar-refractivity contribution in [2.75, 3.05) is 44.3 Å². The molecule has 0 saturated heterocycles. The average molecular weight is 433 g/mol. The molecule has 0 fully saturated rings. The summed E-state index contributed by atoms with van der Waals surface area (Å²) in [6.45, 7) is 3.59. The van der Waals surface area contributed by atoms with Gasteiger partial charge in [0.15, 0.2) is 6.79 Å². The number of carbonyl (C=O) groups excluding carboxylic acids is 1. The van der Waals surface area contributed by atoms with Gasteiger partial charge >= 0.3 is 0 Å². The summed E-state index contributed by atoms with van der Waals surface area (Å²) in [6, 6.07) is 19.9. The van der Waals surface area contributed by atoms with Gasteiger partial charge in [0.2, 0.25) is 0 Å². The van der Waals surface area contributed by atoms with Crippen LogP contribution in [0.15, 0.2) is 60.7 Å².